The first-order chi connectivity index (χ1) is 14.6. The Morgan fingerprint density at radius 3 is 1.43 bits per heavy atom. The molecule has 30 heavy (non-hydrogen) atoms. The minimum absolute atomic E-state index is 0.229. The van der Waals surface area contributed by atoms with Gasteiger partial charge in [0, 0.05) is 17.4 Å². The lowest BCUT2D eigenvalue weighted by Gasteiger charge is -2.13. The third kappa shape index (κ3) is 5.51. The van der Waals surface area contributed by atoms with Crippen molar-refractivity contribution in [3.8, 4) is 11.5 Å². The second-order valence-electron chi connectivity index (χ2n) is 7.42. The van der Waals surface area contributed by atoms with Crippen LogP contribution in [0, 0.1) is 0 Å². The Hall–Kier alpha value is -3.52. The molecular formula is C28H28O2. The maximum atomic E-state index is 9.74. The molecule has 2 unspecified atom stereocenters. The molecule has 4 aromatic rings. The third-order valence-corrected chi connectivity index (χ3v) is 5.40. The first-order valence-electron chi connectivity index (χ1n) is 10.2. The molecule has 4 rings (SSSR count). The molecular weight excluding hydrogens is 368 g/mol. The summed E-state index contributed by atoms with van der Waals surface area (Å²) in [6.07, 6.45) is 0. The molecule has 0 bridgehead atoms. The number of aromatic hydroxyl groups is 2. The van der Waals surface area contributed by atoms with Crippen LogP contribution in [-0.4, -0.2) is 10.2 Å². The van der Waals surface area contributed by atoms with E-state index in [0.29, 0.717) is 17.4 Å². The molecule has 0 fully saturated rings. The van der Waals surface area contributed by atoms with Gasteiger partial charge in [0.15, 0.2) is 0 Å². The van der Waals surface area contributed by atoms with E-state index in [1.54, 1.807) is 18.2 Å². The molecule has 0 saturated carbocycles. The fourth-order valence-corrected chi connectivity index (χ4v) is 3.47. The number of hydrogen-bond donors (Lipinski definition) is 2. The highest BCUT2D eigenvalue weighted by molar-refractivity contribution is 5.40. The molecule has 152 valence electrons. The second kappa shape index (κ2) is 10.3. The van der Waals surface area contributed by atoms with Crippen molar-refractivity contribution in [1.82, 2.24) is 0 Å². The fourth-order valence-electron chi connectivity index (χ4n) is 3.47. The van der Waals surface area contributed by atoms with Crippen LogP contribution in [0.1, 0.15) is 47.9 Å². The highest BCUT2D eigenvalue weighted by Crippen LogP contribution is 2.30. The number of phenolic OH excluding ortho intramolecular Hbond substituents is 2. The summed E-state index contributed by atoms with van der Waals surface area (Å²) < 4.78 is 0. The van der Waals surface area contributed by atoms with Gasteiger partial charge in [0.25, 0.3) is 0 Å². The number of hydrogen-bond acceptors (Lipinski definition) is 2. The summed E-state index contributed by atoms with van der Waals surface area (Å²) in [7, 11) is 0. The minimum Gasteiger partial charge on any atom is -0.508 e. The van der Waals surface area contributed by atoms with Crippen LogP contribution in [0.15, 0.2) is 109 Å². The van der Waals surface area contributed by atoms with Crippen LogP contribution in [0.4, 0.5) is 0 Å². The molecule has 2 heteroatoms. The molecule has 4 aromatic carbocycles. The van der Waals surface area contributed by atoms with Crippen LogP contribution >= 0.6 is 0 Å². The van der Waals surface area contributed by atoms with Crippen LogP contribution in [0.25, 0.3) is 0 Å². The topological polar surface area (TPSA) is 40.5 Å². The fraction of sp³-hybridized carbons (Fsp3) is 0.143. The lowest BCUT2D eigenvalue weighted by Crippen LogP contribution is -1.95. The molecule has 0 saturated heterocycles. The van der Waals surface area contributed by atoms with Gasteiger partial charge in [0.1, 0.15) is 11.5 Å². The zero-order valence-electron chi connectivity index (χ0n) is 17.4. The number of phenols is 2. The van der Waals surface area contributed by atoms with Gasteiger partial charge in [-0.1, -0.05) is 105 Å². The lowest BCUT2D eigenvalue weighted by molar-refractivity contribution is 0.466. The van der Waals surface area contributed by atoms with E-state index in [1.807, 2.05) is 66.7 Å². The van der Waals surface area contributed by atoms with E-state index in [0.717, 1.165) is 5.56 Å². The summed E-state index contributed by atoms with van der Waals surface area (Å²) >= 11 is 0. The Balaban J connectivity index is 0.000000171. The summed E-state index contributed by atoms with van der Waals surface area (Å²) in [5.41, 5.74) is 4.71. The van der Waals surface area contributed by atoms with E-state index in [-0.39, 0.29) is 5.92 Å². The van der Waals surface area contributed by atoms with E-state index in [2.05, 4.69) is 38.1 Å². The van der Waals surface area contributed by atoms with Gasteiger partial charge in [0.2, 0.25) is 0 Å². The van der Waals surface area contributed by atoms with Gasteiger partial charge in [0.05, 0.1) is 0 Å². The highest BCUT2D eigenvalue weighted by atomic mass is 16.3. The first kappa shape index (κ1) is 21.2. The van der Waals surface area contributed by atoms with E-state index in [9.17, 15) is 10.2 Å². The standard InChI is InChI=1S/2C14H14O/c1-11(12-7-3-2-4-8-12)13-9-5-6-10-14(13)15;1-11(12-5-3-2-4-6-12)13-7-9-14(15)10-8-13/h2*2-11,15H,1H3. The summed E-state index contributed by atoms with van der Waals surface area (Å²) in [6.45, 7) is 4.27. The molecule has 0 radical (unpaired) electrons. The van der Waals surface area contributed by atoms with Gasteiger partial charge in [-0.05, 0) is 34.9 Å². The van der Waals surface area contributed by atoms with Gasteiger partial charge < -0.3 is 10.2 Å². The molecule has 0 aliphatic carbocycles. The third-order valence-electron chi connectivity index (χ3n) is 5.40. The van der Waals surface area contributed by atoms with Gasteiger partial charge in [-0.2, -0.15) is 0 Å². The maximum Gasteiger partial charge on any atom is 0.119 e. The Bertz CT molecular complexity index is 1020. The molecule has 0 aliphatic rings. The summed E-state index contributed by atoms with van der Waals surface area (Å²) in [5.74, 6) is 1.28. The van der Waals surface area contributed by atoms with Crippen molar-refractivity contribution in [2.24, 2.45) is 0 Å². The quantitative estimate of drug-likeness (QED) is 0.387. The zero-order valence-corrected chi connectivity index (χ0v) is 17.4. The Morgan fingerprint density at radius 1 is 0.467 bits per heavy atom. The van der Waals surface area contributed by atoms with Gasteiger partial charge in [-0.25, -0.2) is 0 Å². The largest absolute Gasteiger partial charge is 0.508 e. The predicted molar refractivity (Wildman–Crippen MR) is 124 cm³/mol. The molecule has 0 aliphatic heterocycles. The molecule has 2 N–H and O–H groups in total. The van der Waals surface area contributed by atoms with Crippen molar-refractivity contribution in [1.29, 1.82) is 0 Å². The molecule has 2 nitrogen and oxygen atoms in total. The molecule has 2 atom stereocenters. The zero-order chi connectivity index (χ0) is 21.3. The van der Waals surface area contributed by atoms with Gasteiger partial charge >= 0.3 is 0 Å². The van der Waals surface area contributed by atoms with Crippen molar-refractivity contribution in [2.75, 3.05) is 0 Å². The predicted octanol–water partition coefficient (Wildman–Crippen LogP) is 7.09. The summed E-state index contributed by atoms with van der Waals surface area (Å²) in [6, 6.07) is 35.4. The average molecular weight is 397 g/mol. The van der Waals surface area contributed by atoms with Crippen molar-refractivity contribution in [2.45, 2.75) is 25.7 Å². The van der Waals surface area contributed by atoms with Crippen molar-refractivity contribution in [3.05, 3.63) is 131 Å². The van der Waals surface area contributed by atoms with Crippen molar-refractivity contribution >= 4 is 0 Å². The van der Waals surface area contributed by atoms with Gasteiger partial charge in [-0.15, -0.1) is 0 Å². The first-order valence-corrected chi connectivity index (χ1v) is 10.2. The maximum absolute atomic E-state index is 9.74. The molecule has 0 amide bonds. The Labute approximate surface area is 179 Å². The highest BCUT2D eigenvalue weighted by Gasteiger charge is 2.11. The number of rotatable bonds is 4. The van der Waals surface area contributed by atoms with E-state index in [4.69, 9.17) is 0 Å². The monoisotopic (exact) mass is 396 g/mol. The minimum atomic E-state index is 0.229. The lowest BCUT2D eigenvalue weighted by atomic mass is 9.93. The second-order valence-corrected chi connectivity index (χ2v) is 7.42. The van der Waals surface area contributed by atoms with Crippen LogP contribution in [0.3, 0.4) is 0 Å². The van der Waals surface area contributed by atoms with Crippen LogP contribution in [0.5, 0.6) is 11.5 Å². The molecule has 0 heterocycles. The van der Waals surface area contributed by atoms with Crippen LogP contribution in [0.2, 0.25) is 0 Å². The average Bonchev–Trinajstić information content (AvgIpc) is 2.81. The van der Waals surface area contributed by atoms with Gasteiger partial charge in [-0.3, -0.25) is 0 Å². The summed E-state index contributed by atoms with van der Waals surface area (Å²) in [5, 5.41) is 19.0. The SMILES string of the molecule is CC(c1ccccc1)c1ccc(O)cc1.CC(c1ccccc1)c1ccccc1O. The van der Waals surface area contributed by atoms with E-state index < -0.39 is 0 Å². The van der Waals surface area contributed by atoms with Crippen molar-refractivity contribution < 1.29 is 10.2 Å². The van der Waals surface area contributed by atoms with E-state index >= 15 is 0 Å². The Morgan fingerprint density at radius 2 is 0.900 bits per heavy atom. The Kier molecular flexibility index (Phi) is 7.29. The van der Waals surface area contributed by atoms with Crippen LogP contribution in [-0.2, 0) is 0 Å². The molecule has 0 aromatic heterocycles. The number of para-hydroxylation sites is 1. The number of benzene rings is 4. The summed E-state index contributed by atoms with van der Waals surface area (Å²) in [4.78, 5) is 0. The normalized spacial score (nSPS) is 12.3. The van der Waals surface area contributed by atoms with E-state index in [1.165, 1.54) is 16.7 Å². The molecule has 0 spiro atoms. The van der Waals surface area contributed by atoms with Crippen LogP contribution < -0.4 is 0 Å². The van der Waals surface area contributed by atoms with Crippen molar-refractivity contribution in [3.63, 3.8) is 0 Å². The smallest absolute Gasteiger partial charge is 0.119 e.